The minimum Gasteiger partial charge on any atom is -0.423 e. The summed E-state index contributed by atoms with van der Waals surface area (Å²) in [6.07, 6.45) is 1.63. The van der Waals surface area contributed by atoms with Crippen molar-refractivity contribution < 1.29 is 13.2 Å². The average molecular weight is 512 g/mol. The molecule has 5 heteroatoms. The maximum Gasteiger partial charge on any atom is 0.336 e. The first kappa shape index (κ1) is 26.8. The molecular formula is C33H31F2NO2. The first-order chi connectivity index (χ1) is 18.2. The zero-order valence-corrected chi connectivity index (χ0v) is 21.8. The zero-order chi connectivity index (χ0) is 27.1. The molecule has 0 aliphatic heterocycles. The highest BCUT2D eigenvalue weighted by molar-refractivity contribution is 5.81. The zero-order valence-electron chi connectivity index (χ0n) is 21.8. The molecule has 4 aromatic carbocycles. The fraction of sp³-hybridized carbons (Fsp3) is 0.182. The van der Waals surface area contributed by atoms with Crippen molar-refractivity contribution >= 4 is 16.7 Å². The van der Waals surface area contributed by atoms with Crippen LogP contribution in [0.4, 0.5) is 14.5 Å². The molecule has 0 amide bonds. The third-order valence-electron chi connectivity index (χ3n) is 6.28. The van der Waals surface area contributed by atoms with Gasteiger partial charge < -0.3 is 9.73 Å². The highest BCUT2D eigenvalue weighted by atomic mass is 19.3. The summed E-state index contributed by atoms with van der Waals surface area (Å²) in [5.41, 5.74) is 6.14. The van der Waals surface area contributed by atoms with Crippen LogP contribution in [0.3, 0.4) is 0 Å². The number of benzene rings is 4. The van der Waals surface area contributed by atoms with Gasteiger partial charge in [0.05, 0.1) is 0 Å². The van der Waals surface area contributed by atoms with E-state index < -0.39 is 11.5 Å². The number of alkyl halides is 2. The molecule has 194 valence electrons. The van der Waals surface area contributed by atoms with Crippen LogP contribution in [0.15, 0.2) is 112 Å². The van der Waals surface area contributed by atoms with Crippen LogP contribution in [0.5, 0.6) is 0 Å². The molecule has 0 unspecified atom stereocenters. The molecule has 0 saturated carbocycles. The van der Waals surface area contributed by atoms with Gasteiger partial charge in [0.25, 0.3) is 5.92 Å². The molecule has 1 heterocycles. The number of nitrogens with one attached hydrogen (secondary N) is 1. The molecule has 0 bridgehead atoms. The standard InChI is InChI=1S/C19H16F2O2.C14H15N/c1-12-3-5-13(6-4-12)9-14-7-8-17-15(10-14)16(19(2,20)21)11-18(22)23-17;1-15-14-9-5-8-13(11-14)10-12-6-3-2-4-7-12/h3-8,10-11H,9H2,1-2H3;2-9,11,15H,10H2,1H3. The predicted octanol–water partition coefficient (Wildman–Crippen LogP) is 8.12. The molecule has 0 spiro atoms. The van der Waals surface area contributed by atoms with Crippen molar-refractivity contribution in [2.75, 3.05) is 12.4 Å². The van der Waals surface area contributed by atoms with Gasteiger partial charge in [0.15, 0.2) is 0 Å². The Hall–Kier alpha value is -4.25. The van der Waals surface area contributed by atoms with Crippen molar-refractivity contribution in [3.8, 4) is 0 Å². The lowest BCUT2D eigenvalue weighted by atomic mass is 9.99. The summed E-state index contributed by atoms with van der Waals surface area (Å²) in [6, 6.07) is 33.0. The molecule has 3 nitrogen and oxygen atoms in total. The maximum absolute atomic E-state index is 13.8. The lowest BCUT2D eigenvalue weighted by Gasteiger charge is -2.13. The number of anilines is 1. The Bertz CT molecular complexity index is 1550. The van der Waals surface area contributed by atoms with E-state index in [2.05, 4.69) is 53.8 Å². The van der Waals surface area contributed by atoms with E-state index in [1.54, 1.807) is 18.2 Å². The van der Waals surface area contributed by atoms with Crippen molar-refractivity contribution in [3.05, 3.63) is 147 Å². The second-order valence-corrected chi connectivity index (χ2v) is 9.47. The third kappa shape index (κ3) is 7.16. The second-order valence-electron chi connectivity index (χ2n) is 9.47. The smallest absolute Gasteiger partial charge is 0.336 e. The van der Waals surface area contributed by atoms with E-state index in [0.717, 1.165) is 30.5 Å². The summed E-state index contributed by atoms with van der Waals surface area (Å²) in [7, 11) is 1.95. The normalized spacial score (nSPS) is 11.1. The number of fused-ring (bicyclic) bond motifs is 1. The van der Waals surface area contributed by atoms with Crippen molar-refractivity contribution in [2.24, 2.45) is 0 Å². The number of hydrogen-bond acceptors (Lipinski definition) is 3. The van der Waals surface area contributed by atoms with Gasteiger partial charge in [-0.1, -0.05) is 78.4 Å². The molecule has 0 aliphatic carbocycles. The lowest BCUT2D eigenvalue weighted by molar-refractivity contribution is 0.0186. The fourth-order valence-corrected chi connectivity index (χ4v) is 4.29. The molecule has 5 rings (SSSR count). The largest absolute Gasteiger partial charge is 0.423 e. The van der Waals surface area contributed by atoms with Gasteiger partial charge >= 0.3 is 5.63 Å². The Morgan fingerprint density at radius 2 is 1.34 bits per heavy atom. The first-order valence-corrected chi connectivity index (χ1v) is 12.5. The van der Waals surface area contributed by atoms with E-state index in [9.17, 15) is 13.6 Å². The molecule has 5 aromatic rings. The first-order valence-electron chi connectivity index (χ1n) is 12.5. The SMILES string of the molecule is CNc1cccc(Cc2ccccc2)c1.Cc1ccc(Cc2ccc3oc(=O)cc(C(C)(F)F)c3c2)cc1. The Balaban J connectivity index is 0.000000194. The van der Waals surface area contributed by atoms with E-state index in [1.807, 2.05) is 44.3 Å². The van der Waals surface area contributed by atoms with Gasteiger partial charge in [0.1, 0.15) is 5.58 Å². The maximum atomic E-state index is 13.8. The highest BCUT2D eigenvalue weighted by Gasteiger charge is 2.28. The number of aryl methyl sites for hydroxylation is 1. The predicted molar refractivity (Wildman–Crippen MR) is 151 cm³/mol. The summed E-state index contributed by atoms with van der Waals surface area (Å²) in [5.74, 6) is -3.10. The van der Waals surface area contributed by atoms with Gasteiger partial charge in [0, 0.05) is 36.7 Å². The van der Waals surface area contributed by atoms with Crippen LogP contribution < -0.4 is 10.9 Å². The molecular weight excluding hydrogens is 480 g/mol. The van der Waals surface area contributed by atoms with Crippen LogP contribution in [0.25, 0.3) is 11.0 Å². The molecule has 0 saturated heterocycles. The molecule has 0 atom stereocenters. The van der Waals surface area contributed by atoms with Crippen LogP contribution in [0.1, 0.15) is 40.3 Å². The van der Waals surface area contributed by atoms with Gasteiger partial charge in [-0.05, 0) is 66.3 Å². The van der Waals surface area contributed by atoms with Crippen LogP contribution in [0, 0.1) is 6.92 Å². The summed E-state index contributed by atoms with van der Waals surface area (Å²) < 4.78 is 32.6. The van der Waals surface area contributed by atoms with Gasteiger partial charge in [-0.3, -0.25) is 0 Å². The molecule has 1 aromatic heterocycles. The minimum atomic E-state index is -3.10. The van der Waals surface area contributed by atoms with E-state index in [0.29, 0.717) is 6.42 Å². The van der Waals surface area contributed by atoms with Crippen LogP contribution >= 0.6 is 0 Å². The monoisotopic (exact) mass is 511 g/mol. The Kier molecular flexibility index (Phi) is 8.37. The molecule has 0 fully saturated rings. The Labute approximate surface area is 221 Å². The highest BCUT2D eigenvalue weighted by Crippen LogP contribution is 2.32. The number of hydrogen-bond donors (Lipinski definition) is 1. The minimum absolute atomic E-state index is 0.182. The fourth-order valence-electron chi connectivity index (χ4n) is 4.29. The van der Waals surface area contributed by atoms with Crippen molar-refractivity contribution in [1.82, 2.24) is 0 Å². The summed E-state index contributed by atoms with van der Waals surface area (Å²) in [6.45, 7) is 2.80. The van der Waals surface area contributed by atoms with Crippen molar-refractivity contribution in [2.45, 2.75) is 32.6 Å². The summed E-state index contributed by atoms with van der Waals surface area (Å²) in [4.78, 5) is 11.5. The van der Waals surface area contributed by atoms with E-state index in [1.165, 1.54) is 22.4 Å². The van der Waals surface area contributed by atoms with Gasteiger partial charge in [-0.2, -0.15) is 0 Å². The number of rotatable bonds is 6. The van der Waals surface area contributed by atoms with Crippen LogP contribution in [-0.4, -0.2) is 7.05 Å². The van der Waals surface area contributed by atoms with E-state index >= 15 is 0 Å². The van der Waals surface area contributed by atoms with Crippen LogP contribution in [-0.2, 0) is 18.8 Å². The quantitative estimate of drug-likeness (QED) is 0.234. The molecule has 38 heavy (non-hydrogen) atoms. The number of halogens is 2. The van der Waals surface area contributed by atoms with E-state index in [4.69, 9.17) is 4.42 Å². The van der Waals surface area contributed by atoms with Crippen molar-refractivity contribution in [3.63, 3.8) is 0 Å². The summed E-state index contributed by atoms with van der Waals surface area (Å²) >= 11 is 0. The van der Waals surface area contributed by atoms with Gasteiger partial charge in [0.2, 0.25) is 0 Å². The Morgan fingerprint density at radius 3 is 2.00 bits per heavy atom. The molecule has 1 N–H and O–H groups in total. The lowest BCUT2D eigenvalue weighted by Crippen LogP contribution is -2.12. The van der Waals surface area contributed by atoms with Gasteiger partial charge in [-0.15, -0.1) is 0 Å². The summed E-state index contributed by atoms with van der Waals surface area (Å²) in [5, 5.41) is 3.43. The van der Waals surface area contributed by atoms with Crippen LogP contribution in [0.2, 0.25) is 0 Å². The Morgan fingerprint density at radius 1 is 0.737 bits per heavy atom. The molecule has 0 aliphatic rings. The van der Waals surface area contributed by atoms with Crippen molar-refractivity contribution in [1.29, 1.82) is 0 Å². The van der Waals surface area contributed by atoms with Gasteiger partial charge in [-0.25, -0.2) is 13.6 Å². The second kappa shape index (κ2) is 11.9. The average Bonchev–Trinajstić information content (AvgIpc) is 2.90. The topological polar surface area (TPSA) is 42.2 Å². The third-order valence-corrected chi connectivity index (χ3v) is 6.28. The van der Waals surface area contributed by atoms with E-state index in [-0.39, 0.29) is 16.5 Å². The molecule has 0 radical (unpaired) electrons.